The number of nitrogens with zero attached hydrogens (tertiary/aromatic N) is 3. The second-order valence-corrected chi connectivity index (χ2v) is 7.74. The molecule has 140 valence electrons. The van der Waals surface area contributed by atoms with Gasteiger partial charge in [-0.15, -0.1) is 0 Å². The van der Waals surface area contributed by atoms with E-state index >= 15 is 0 Å². The van der Waals surface area contributed by atoms with E-state index in [1.807, 2.05) is 16.7 Å². The molecule has 26 heavy (non-hydrogen) atoms. The van der Waals surface area contributed by atoms with Gasteiger partial charge in [0.15, 0.2) is 0 Å². The number of hydrogen-bond donors (Lipinski definition) is 1. The van der Waals surface area contributed by atoms with Gasteiger partial charge in [0.25, 0.3) is 5.56 Å². The number of aromatic amines is 1. The molecule has 2 amide bonds. The van der Waals surface area contributed by atoms with Crippen molar-refractivity contribution >= 4 is 11.8 Å². The maximum atomic E-state index is 12.5. The first-order valence-corrected chi connectivity index (χ1v) is 9.75. The van der Waals surface area contributed by atoms with Crippen LogP contribution in [0.1, 0.15) is 62.0 Å². The fourth-order valence-electron chi connectivity index (χ4n) is 4.01. The van der Waals surface area contributed by atoms with Gasteiger partial charge in [0, 0.05) is 43.5 Å². The third-order valence-electron chi connectivity index (χ3n) is 5.72. The van der Waals surface area contributed by atoms with E-state index in [2.05, 4.69) is 4.98 Å². The van der Waals surface area contributed by atoms with E-state index in [1.165, 1.54) is 0 Å². The van der Waals surface area contributed by atoms with Crippen LogP contribution in [-0.4, -0.2) is 51.2 Å². The van der Waals surface area contributed by atoms with Crippen molar-refractivity contribution in [2.75, 3.05) is 19.6 Å². The normalized spacial score (nSPS) is 22.4. The molecule has 1 aliphatic carbocycles. The minimum Gasteiger partial charge on any atom is -0.342 e. The van der Waals surface area contributed by atoms with Crippen LogP contribution in [-0.2, 0) is 22.6 Å². The standard InChI is InChI=1S/C19H26N4O3/c1-2-3-16(24)22-8-6-13(10-22)17-20-15-11-23(19(26)12-4-5-12)9-7-14(15)18(25)21-17/h12-13H,2-11H2,1H3,(H,20,21,25)/t13-/m0/s1. The number of rotatable bonds is 4. The van der Waals surface area contributed by atoms with Gasteiger partial charge in [-0.2, -0.15) is 0 Å². The Morgan fingerprint density at radius 3 is 2.73 bits per heavy atom. The Morgan fingerprint density at radius 1 is 1.19 bits per heavy atom. The van der Waals surface area contributed by atoms with Crippen molar-refractivity contribution < 1.29 is 9.59 Å². The van der Waals surface area contributed by atoms with Crippen molar-refractivity contribution in [3.63, 3.8) is 0 Å². The number of fused-ring (bicyclic) bond motifs is 1. The first-order valence-electron chi connectivity index (χ1n) is 9.75. The summed E-state index contributed by atoms with van der Waals surface area (Å²) >= 11 is 0. The predicted octanol–water partition coefficient (Wildman–Crippen LogP) is 1.18. The number of likely N-dealkylation sites (tertiary alicyclic amines) is 1. The summed E-state index contributed by atoms with van der Waals surface area (Å²) in [5.74, 6) is 1.31. The van der Waals surface area contributed by atoms with Crippen molar-refractivity contribution in [1.29, 1.82) is 0 Å². The van der Waals surface area contributed by atoms with Crippen LogP contribution in [0.25, 0.3) is 0 Å². The van der Waals surface area contributed by atoms with E-state index in [4.69, 9.17) is 4.98 Å². The van der Waals surface area contributed by atoms with Crippen molar-refractivity contribution in [2.24, 2.45) is 5.92 Å². The fraction of sp³-hybridized carbons (Fsp3) is 0.684. The lowest BCUT2D eigenvalue weighted by Crippen LogP contribution is -2.40. The van der Waals surface area contributed by atoms with Gasteiger partial charge in [0.05, 0.1) is 12.2 Å². The van der Waals surface area contributed by atoms with Gasteiger partial charge in [0.1, 0.15) is 5.82 Å². The molecular formula is C19H26N4O3. The maximum absolute atomic E-state index is 12.5. The third kappa shape index (κ3) is 3.27. The highest BCUT2D eigenvalue weighted by Gasteiger charge is 2.36. The first kappa shape index (κ1) is 17.2. The molecule has 1 saturated carbocycles. The van der Waals surface area contributed by atoms with Crippen LogP contribution in [0.3, 0.4) is 0 Å². The average molecular weight is 358 g/mol. The first-order chi connectivity index (χ1) is 12.6. The Bertz CT molecular complexity index is 783. The van der Waals surface area contributed by atoms with Gasteiger partial charge >= 0.3 is 0 Å². The summed E-state index contributed by atoms with van der Waals surface area (Å²) in [6.45, 7) is 4.38. The Kier molecular flexibility index (Phi) is 4.54. The lowest BCUT2D eigenvalue weighted by Gasteiger charge is -2.28. The number of carbonyl (C=O) groups excluding carboxylic acids is 2. The Hall–Kier alpha value is -2.18. The molecular weight excluding hydrogens is 332 g/mol. The minimum atomic E-state index is -0.0816. The molecule has 0 unspecified atom stereocenters. The minimum absolute atomic E-state index is 0.0725. The third-order valence-corrected chi connectivity index (χ3v) is 5.72. The van der Waals surface area contributed by atoms with Crippen molar-refractivity contribution in [3.8, 4) is 0 Å². The summed E-state index contributed by atoms with van der Waals surface area (Å²) < 4.78 is 0. The molecule has 0 aromatic carbocycles. The number of hydrogen-bond acceptors (Lipinski definition) is 4. The van der Waals surface area contributed by atoms with Crippen LogP contribution < -0.4 is 5.56 Å². The van der Waals surface area contributed by atoms with Gasteiger partial charge < -0.3 is 14.8 Å². The van der Waals surface area contributed by atoms with Crippen molar-refractivity contribution in [1.82, 2.24) is 19.8 Å². The van der Waals surface area contributed by atoms with Gasteiger partial charge in [0.2, 0.25) is 11.8 Å². The van der Waals surface area contributed by atoms with Gasteiger partial charge in [-0.05, 0) is 32.1 Å². The molecule has 1 saturated heterocycles. The van der Waals surface area contributed by atoms with E-state index < -0.39 is 0 Å². The second-order valence-electron chi connectivity index (χ2n) is 7.74. The van der Waals surface area contributed by atoms with E-state index in [9.17, 15) is 14.4 Å². The molecule has 2 aliphatic heterocycles. The van der Waals surface area contributed by atoms with Crippen LogP contribution in [0.5, 0.6) is 0 Å². The lowest BCUT2D eigenvalue weighted by atomic mass is 10.0. The monoisotopic (exact) mass is 358 g/mol. The molecule has 7 nitrogen and oxygen atoms in total. The predicted molar refractivity (Wildman–Crippen MR) is 95.5 cm³/mol. The topological polar surface area (TPSA) is 86.4 Å². The average Bonchev–Trinajstić information content (AvgIpc) is 3.36. The molecule has 1 aromatic heterocycles. The molecule has 0 radical (unpaired) electrons. The summed E-state index contributed by atoms with van der Waals surface area (Å²) in [7, 11) is 0. The van der Waals surface area contributed by atoms with E-state index in [0.29, 0.717) is 43.9 Å². The smallest absolute Gasteiger partial charge is 0.254 e. The molecule has 7 heteroatoms. The SMILES string of the molecule is CCCC(=O)N1CC[C@H](c2nc3c(c(=O)[nH]2)CCN(C(=O)C2CC2)C3)C1. The summed E-state index contributed by atoms with van der Waals surface area (Å²) in [6.07, 6.45) is 4.78. The highest BCUT2D eigenvalue weighted by Crippen LogP contribution is 2.32. The summed E-state index contributed by atoms with van der Waals surface area (Å²) in [6, 6.07) is 0. The zero-order chi connectivity index (χ0) is 18.3. The zero-order valence-corrected chi connectivity index (χ0v) is 15.3. The van der Waals surface area contributed by atoms with Crippen molar-refractivity contribution in [3.05, 3.63) is 27.4 Å². The van der Waals surface area contributed by atoms with Crippen LogP contribution in [0, 0.1) is 5.92 Å². The maximum Gasteiger partial charge on any atom is 0.254 e. The largest absolute Gasteiger partial charge is 0.342 e. The summed E-state index contributed by atoms with van der Waals surface area (Å²) in [5, 5.41) is 0. The summed E-state index contributed by atoms with van der Waals surface area (Å²) in [4.78, 5) is 48.3. The molecule has 4 rings (SSSR count). The summed E-state index contributed by atoms with van der Waals surface area (Å²) in [5.41, 5.74) is 1.37. The van der Waals surface area contributed by atoms with Crippen LogP contribution in [0.15, 0.2) is 4.79 Å². The molecule has 1 atom stereocenters. The lowest BCUT2D eigenvalue weighted by molar-refractivity contribution is -0.133. The number of nitrogens with one attached hydrogen (secondary N) is 1. The number of aromatic nitrogens is 2. The van der Waals surface area contributed by atoms with E-state index in [1.54, 1.807) is 0 Å². The fourth-order valence-corrected chi connectivity index (χ4v) is 4.01. The van der Waals surface area contributed by atoms with E-state index in [0.717, 1.165) is 37.9 Å². The molecule has 3 heterocycles. The van der Waals surface area contributed by atoms with Crippen molar-refractivity contribution in [2.45, 2.75) is 57.9 Å². The molecule has 1 aromatic rings. The van der Waals surface area contributed by atoms with Crippen LogP contribution in [0.4, 0.5) is 0 Å². The Labute approximate surface area is 152 Å². The number of carbonyl (C=O) groups is 2. The van der Waals surface area contributed by atoms with Crippen LogP contribution >= 0.6 is 0 Å². The van der Waals surface area contributed by atoms with Gasteiger partial charge in [-0.1, -0.05) is 6.92 Å². The molecule has 1 N–H and O–H groups in total. The highest BCUT2D eigenvalue weighted by molar-refractivity contribution is 5.81. The van der Waals surface area contributed by atoms with Gasteiger partial charge in [-0.25, -0.2) is 4.98 Å². The second kappa shape index (κ2) is 6.85. The Morgan fingerprint density at radius 2 is 2.00 bits per heavy atom. The molecule has 0 bridgehead atoms. The molecule has 0 spiro atoms. The molecule has 3 aliphatic rings. The number of amides is 2. The van der Waals surface area contributed by atoms with Gasteiger partial charge in [-0.3, -0.25) is 14.4 Å². The van der Waals surface area contributed by atoms with E-state index in [-0.39, 0.29) is 29.2 Å². The molecule has 2 fully saturated rings. The Balaban J connectivity index is 1.51. The quantitative estimate of drug-likeness (QED) is 0.876. The van der Waals surface area contributed by atoms with Crippen LogP contribution in [0.2, 0.25) is 0 Å². The highest BCUT2D eigenvalue weighted by atomic mass is 16.2. The zero-order valence-electron chi connectivity index (χ0n) is 15.3. The number of H-pyrrole nitrogens is 1.